The van der Waals surface area contributed by atoms with E-state index in [0.717, 1.165) is 12.0 Å². The molecule has 1 saturated carbocycles. The van der Waals surface area contributed by atoms with Crippen molar-refractivity contribution in [1.29, 1.82) is 0 Å². The van der Waals surface area contributed by atoms with Crippen LogP contribution in [0.2, 0.25) is 0 Å². The fourth-order valence-corrected chi connectivity index (χ4v) is 2.87. The van der Waals surface area contributed by atoms with Gasteiger partial charge in [0.05, 0.1) is 0 Å². The maximum atomic E-state index is 4.22. The summed E-state index contributed by atoms with van der Waals surface area (Å²) in [6, 6.07) is 2.92. The van der Waals surface area contributed by atoms with E-state index < -0.39 is 0 Å². The highest BCUT2D eigenvalue weighted by molar-refractivity contribution is 5.00. The fraction of sp³-hybridized carbons (Fsp3) is 0.786. The van der Waals surface area contributed by atoms with Gasteiger partial charge in [-0.25, -0.2) is 0 Å². The minimum absolute atomic E-state index is 0.784. The molecule has 1 aromatic rings. The van der Waals surface area contributed by atoms with Crippen LogP contribution in [0.3, 0.4) is 0 Å². The Kier molecular flexibility index (Phi) is 4.60. The van der Waals surface area contributed by atoms with Crippen molar-refractivity contribution in [3.05, 3.63) is 18.0 Å². The monoisotopic (exact) mass is 235 g/mol. The van der Waals surface area contributed by atoms with Crippen LogP contribution in [-0.2, 0) is 13.5 Å². The lowest BCUT2D eigenvalue weighted by Gasteiger charge is -2.12. The molecule has 0 aromatic carbocycles. The van der Waals surface area contributed by atoms with Crippen molar-refractivity contribution < 1.29 is 0 Å². The molecular weight excluding hydrogens is 210 g/mol. The van der Waals surface area contributed by atoms with Crippen LogP contribution in [-0.4, -0.2) is 22.4 Å². The summed E-state index contributed by atoms with van der Waals surface area (Å²) in [6.07, 6.45) is 9.80. The van der Waals surface area contributed by atoms with Crippen LogP contribution in [0.1, 0.15) is 44.7 Å². The van der Waals surface area contributed by atoms with E-state index in [1.54, 1.807) is 0 Å². The zero-order chi connectivity index (χ0) is 12.1. The van der Waals surface area contributed by atoms with Crippen LogP contribution in [0.5, 0.6) is 0 Å². The summed E-state index contributed by atoms with van der Waals surface area (Å²) < 4.78 is 2.00. The van der Waals surface area contributed by atoms with E-state index in [4.69, 9.17) is 0 Å². The van der Waals surface area contributed by atoms with Gasteiger partial charge in [0.2, 0.25) is 0 Å². The lowest BCUT2D eigenvalue weighted by molar-refractivity contribution is 0.459. The van der Waals surface area contributed by atoms with Crippen molar-refractivity contribution in [3.8, 4) is 0 Å². The SMILES string of the molecule is CCCNC1CCC(CCc2ccnn2C)C1. The molecule has 0 saturated heterocycles. The average Bonchev–Trinajstić information content (AvgIpc) is 2.93. The molecule has 2 rings (SSSR count). The minimum Gasteiger partial charge on any atom is -0.314 e. The van der Waals surface area contributed by atoms with E-state index >= 15 is 0 Å². The van der Waals surface area contributed by atoms with Gasteiger partial charge in [-0.05, 0) is 57.1 Å². The second-order valence-corrected chi connectivity index (χ2v) is 5.31. The Morgan fingerprint density at radius 3 is 3.06 bits per heavy atom. The first-order chi connectivity index (χ1) is 8.29. The second-order valence-electron chi connectivity index (χ2n) is 5.31. The van der Waals surface area contributed by atoms with Gasteiger partial charge in [-0.15, -0.1) is 0 Å². The zero-order valence-corrected chi connectivity index (χ0v) is 11.2. The second kappa shape index (κ2) is 6.20. The molecule has 0 aliphatic heterocycles. The molecule has 1 heterocycles. The van der Waals surface area contributed by atoms with E-state index in [2.05, 4.69) is 23.4 Å². The van der Waals surface area contributed by atoms with Gasteiger partial charge in [0.15, 0.2) is 0 Å². The third-order valence-electron chi connectivity index (χ3n) is 3.96. The quantitative estimate of drug-likeness (QED) is 0.821. The highest BCUT2D eigenvalue weighted by Crippen LogP contribution is 2.29. The Morgan fingerprint density at radius 2 is 2.35 bits per heavy atom. The van der Waals surface area contributed by atoms with Crippen molar-refractivity contribution >= 4 is 0 Å². The predicted octanol–water partition coefficient (Wildman–Crippen LogP) is 2.52. The highest BCUT2D eigenvalue weighted by Gasteiger charge is 2.23. The van der Waals surface area contributed by atoms with Gasteiger partial charge < -0.3 is 5.32 Å². The van der Waals surface area contributed by atoms with Gasteiger partial charge in [-0.2, -0.15) is 5.10 Å². The van der Waals surface area contributed by atoms with Gasteiger partial charge in [-0.3, -0.25) is 4.68 Å². The molecule has 1 fully saturated rings. The summed E-state index contributed by atoms with van der Waals surface area (Å²) in [7, 11) is 2.04. The van der Waals surface area contributed by atoms with Crippen LogP contribution in [0.4, 0.5) is 0 Å². The molecule has 17 heavy (non-hydrogen) atoms. The van der Waals surface area contributed by atoms with E-state index in [0.29, 0.717) is 0 Å². The number of aryl methyl sites for hydroxylation is 2. The summed E-state index contributed by atoms with van der Waals surface area (Å²) in [5.74, 6) is 0.916. The number of aromatic nitrogens is 2. The molecule has 1 N–H and O–H groups in total. The van der Waals surface area contributed by atoms with E-state index in [1.165, 1.54) is 50.8 Å². The van der Waals surface area contributed by atoms with Gasteiger partial charge in [0.25, 0.3) is 0 Å². The van der Waals surface area contributed by atoms with Crippen LogP contribution in [0, 0.1) is 5.92 Å². The molecule has 3 heteroatoms. The Balaban J connectivity index is 1.69. The molecule has 3 nitrogen and oxygen atoms in total. The summed E-state index contributed by atoms with van der Waals surface area (Å²) in [6.45, 7) is 3.42. The maximum Gasteiger partial charge on any atom is 0.0492 e. The highest BCUT2D eigenvalue weighted by atomic mass is 15.2. The predicted molar refractivity (Wildman–Crippen MR) is 71.0 cm³/mol. The molecule has 1 aromatic heterocycles. The first kappa shape index (κ1) is 12.6. The first-order valence-electron chi connectivity index (χ1n) is 7.00. The van der Waals surface area contributed by atoms with Gasteiger partial charge in [0, 0.05) is 25.0 Å². The molecule has 0 bridgehead atoms. The number of hydrogen-bond donors (Lipinski definition) is 1. The maximum absolute atomic E-state index is 4.22. The molecule has 2 unspecified atom stereocenters. The Hall–Kier alpha value is -0.830. The number of nitrogens with one attached hydrogen (secondary N) is 1. The lowest BCUT2D eigenvalue weighted by Crippen LogP contribution is -2.27. The number of rotatable bonds is 6. The standard InChI is InChI=1S/C14H25N3/c1-3-9-15-13-6-4-12(11-13)5-7-14-8-10-16-17(14)2/h8,10,12-13,15H,3-7,9,11H2,1-2H3. The van der Waals surface area contributed by atoms with Gasteiger partial charge in [0.1, 0.15) is 0 Å². The molecule has 96 valence electrons. The summed E-state index contributed by atoms with van der Waals surface area (Å²) >= 11 is 0. The molecule has 1 aliphatic rings. The van der Waals surface area contributed by atoms with Crippen molar-refractivity contribution in [2.75, 3.05) is 6.54 Å². The molecular formula is C14H25N3. The number of nitrogens with zero attached hydrogens (tertiary/aromatic N) is 2. The molecule has 2 atom stereocenters. The van der Waals surface area contributed by atoms with Crippen LogP contribution >= 0.6 is 0 Å². The van der Waals surface area contributed by atoms with Crippen LogP contribution < -0.4 is 5.32 Å². The molecule has 1 aliphatic carbocycles. The topological polar surface area (TPSA) is 29.9 Å². The van der Waals surface area contributed by atoms with E-state index in [-0.39, 0.29) is 0 Å². The third-order valence-corrected chi connectivity index (χ3v) is 3.96. The van der Waals surface area contributed by atoms with Gasteiger partial charge in [-0.1, -0.05) is 6.92 Å². The normalized spacial score (nSPS) is 24.4. The molecule has 0 amide bonds. The third kappa shape index (κ3) is 3.56. The summed E-state index contributed by atoms with van der Waals surface area (Å²) in [4.78, 5) is 0. The largest absolute Gasteiger partial charge is 0.314 e. The zero-order valence-electron chi connectivity index (χ0n) is 11.2. The van der Waals surface area contributed by atoms with E-state index in [1.807, 2.05) is 17.9 Å². The number of hydrogen-bond acceptors (Lipinski definition) is 2. The van der Waals surface area contributed by atoms with Crippen molar-refractivity contribution in [1.82, 2.24) is 15.1 Å². The molecule has 0 radical (unpaired) electrons. The Bertz CT molecular complexity index is 332. The summed E-state index contributed by atoms with van der Waals surface area (Å²) in [5, 5.41) is 7.87. The first-order valence-corrected chi connectivity index (χ1v) is 7.00. The van der Waals surface area contributed by atoms with Crippen LogP contribution in [0.15, 0.2) is 12.3 Å². The fourth-order valence-electron chi connectivity index (χ4n) is 2.87. The molecule has 0 spiro atoms. The lowest BCUT2D eigenvalue weighted by atomic mass is 10.0. The average molecular weight is 235 g/mol. The van der Waals surface area contributed by atoms with Crippen molar-refractivity contribution in [3.63, 3.8) is 0 Å². The van der Waals surface area contributed by atoms with E-state index in [9.17, 15) is 0 Å². The Labute approximate surface area is 105 Å². The van der Waals surface area contributed by atoms with Gasteiger partial charge >= 0.3 is 0 Å². The Morgan fingerprint density at radius 1 is 1.47 bits per heavy atom. The summed E-state index contributed by atoms with van der Waals surface area (Å²) in [5.41, 5.74) is 1.37. The minimum atomic E-state index is 0.784. The smallest absolute Gasteiger partial charge is 0.0492 e. The van der Waals surface area contributed by atoms with Crippen molar-refractivity contribution in [2.45, 2.75) is 51.5 Å². The van der Waals surface area contributed by atoms with Crippen molar-refractivity contribution in [2.24, 2.45) is 13.0 Å². The van der Waals surface area contributed by atoms with Crippen LogP contribution in [0.25, 0.3) is 0 Å².